The predicted octanol–water partition coefficient (Wildman–Crippen LogP) is 2.09. The zero-order valence-electron chi connectivity index (χ0n) is 10.8. The third-order valence-electron chi connectivity index (χ3n) is 3.35. The van der Waals surface area contributed by atoms with Crippen LogP contribution in [0.1, 0.15) is 19.3 Å². The van der Waals surface area contributed by atoms with Crippen LogP contribution in [0.25, 0.3) is 0 Å². The minimum absolute atomic E-state index is 0.150. The molecular formula is C14H16ClNO4. The SMILES string of the molecule is O=C(COc1cccc(Cl)c1)NC1CCCC1C(=O)O. The first-order chi connectivity index (χ1) is 9.56. The van der Waals surface area contributed by atoms with E-state index < -0.39 is 11.9 Å². The number of carboxylic acid groups (broad SMARTS) is 1. The summed E-state index contributed by atoms with van der Waals surface area (Å²) in [6.45, 7) is -0.150. The second-order valence-electron chi connectivity index (χ2n) is 4.80. The normalized spacial score (nSPS) is 21.4. The number of carbonyl (C=O) groups excluding carboxylic acids is 1. The molecule has 2 rings (SSSR count). The first kappa shape index (κ1) is 14.7. The lowest BCUT2D eigenvalue weighted by molar-refractivity contribution is -0.142. The first-order valence-corrected chi connectivity index (χ1v) is 6.84. The summed E-state index contributed by atoms with van der Waals surface area (Å²) < 4.78 is 5.31. The lowest BCUT2D eigenvalue weighted by Crippen LogP contribution is -2.42. The maximum Gasteiger partial charge on any atom is 0.308 e. The molecule has 1 aromatic carbocycles. The molecular weight excluding hydrogens is 282 g/mol. The van der Waals surface area contributed by atoms with E-state index in [0.29, 0.717) is 23.6 Å². The Hall–Kier alpha value is -1.75. The van der Waals surface area contributed by atoms with Crippen molar-refractivity contribution in [2.75, 3.05) is 6.61 Å². The Kier molecular flexibility index (Phi) is 4.84. The van der Waals surface area contributed by atoms with Crippen molar-refractivity contribution in [3.8, 4) is 5.75 Å². The Bertz CT molecular complexity index is 506. The average molecular weight is 298 g/mol. The zero-order valence-corrected chi connectivity index (χ0v) is 11.6. The van der Waals surface area contributed by atoms with Gasteiger partial charge in [-0.3, -0.25) is 9.59 Å². The number of benzene rings is 1. The summed E-state index contributed by atoms with van der Waals surface area (Å²) in [7, 11) is 0. The number of nitrogens with one attached hydrogen (secondary N) is 1. The molecule has 1 aromatic rings. The molecule has 0 bridgehead atoms. The Morgan fingerprint density at radius 1 is 1.40 bits per heavy atom. The molecule has 2 unspecified atom stereocenters. The molecule has 0 saturated heterocycles. The van der Waals surface area contributed by atoms with E-state index in [4.69, 9.17) is 21.4 Å². The van der Waals surface area contributed by atoms with Crippen molar-refractivity contribution >= 4 is 23.5 Å². The van der Waals surface area contributed by atoms with Gasteiger partial charge in [0.25, 0.3) is 5.91 Å². The number of rotatable bonds is 5. The van der Waals surface area contributed by atoms with Crippen LogP contribution in [0.2, 0.25) is 5.02 Å². The highest BCUT2D eigenvalue weighted by Crippen LogP contribution is 2.25. The Morgan fingerprint density at radius 2 is 2.20 bits per heavy atom. The molecule has 2 N–H and O–H groups in total. The number of hydrogen-bond donors (Lipinski definition) is 2. The highest BCUT2D eigenvalue weighted by Gasteiger charge is 2.33. The van der Waals surface area contributed by atoms with Crippen LogP contribution in [-0.4, -0.2) is 29.6 Å². The number of amides is 1. The number of aliphatic carboxylic acids is 1. The Morgan fingerprint density at radius 3 is 2.90 bits per heavy atom. The molecule has 20 heavy (non-hydrogen) atoms. The van der Waals surface area contributed by atoms with E-state index in [9.17, 15) is 9.59 Å². The monoisotopic (exact) mass is 297 g/mol. The van der Waals surface area contributed by atoms with Crippen LogP contribution in [0.15, 0.2) is 24.3 Å². The van der Waals surface area contributed by atoms with Crippen LogP contribution in [0.5, 0.6) is 5.75 Å². The van der Waals surface area contributed by atoms with Gasteiger partial charge in [0.05, 0.1) is 5.92 Å². The maximum atomic E-state index is 11.8. The summed E-state index contributed by atoms with van der Waals surface area (Å²) in [4.78, 5) is 22.8. The van der Waals surface area contributed by atoms with Gasteiger partial charge in [0.2, 0.25) is 0 Å². The van der Waals surface area contributed by atoms with Crippen LogP contribution in [0.3, 0.4) is 0 Å². The lowest BCUT2D eigenvalue weighted by atomic mass is 10.0. The molecule has 5 nitrogen and oxygen atoms in total. The van der Waals surface area contributed by atoms with E-state index >= 15 is 0 Å². The third-order valence-corrected chi connectivity index (χ3v) is 3.58. The topological polar surface area (TPSA) is 75.6 Å². The van der Waals surface area contributed by atoms with Gasteiger partial charge in [0.1, 0.15) is 5.75 Å². The van der Waals surface area contributed by atoms with Gasteiger partial charge in [0.15, 0.2) is 6.61 Å². The van der Waals surface area contributed by atoms with Gasteiger partial charge in [-0.25, -0.2) is 0 Å². The number of carboxylic acids is 1. The lowest BCUT2D eigenvalue weighted by Gasteiger charge is -2.17. The van der Waals surface area contributed by atoms with E-state index in [2.05, 4.69) is 5.32 Å². The Balaban J connectivity index is 1.82. The Labute approximate surface area is 121 Å². The molecule has 0 radical (unpaired) electrons. The average Bonchev–Trinajstić information content (AvgIpc) is 2.85. The number of halogens is 1. The quantitative estimate of drug-likeness (QED) is 0.872. The summed E-state index contributed by atoms with van der Waals surface area (Å²) in [5.41, 5.74) is 0. The third kappa shape index (κ3) is 3.87. The van der Waals surface area contributed by atoms with E-state index in [0.717, 1.165) is 6.42 Å². The molecule has 0 aliphatic heterocycles. The van der Waals surface area contributed by atoms with Crippen molar-refractivity contribution in [1.29, 1.82) is 0 Å². The van der Waals surface area contributed by atoms with Crippen LogP contribution in [0, 0.1) is 5.92 Å². The van der Waals surface area contributed by atoms with Crippen LogP contribution >= 0.6 is 11.6 Å². The fourth-order valence-electron chi connectivity index (χ4n) is 2.38. The van der Waals surface area contributed by atoms with Crippen molar-refractivity contribution in [3.05, 3.63) is 29.3 Å². The molecule has 1 amide bonds. The van der Waals surface area contributed by atoms with Crippen molar-refractivity contribution in [1.82, 2.24) is 5.32 Å². The summed E-state index contributed by atoms with van der Waals surface area (Å²) in [6.07, 6.45) is 2.12. The molecule has 1 saturated carbocycles. The van der Waals surface area contributed by atoms with Crippen LogP contribution in [0.4, 0.5) is 0 Å². The van der Waals surface area contributed by atoms with Gasteiger partial charge < -0.3 is 15.2 Å². The summed E-state index contributed by atoms with van der Waals surface area (Å²) in [5, 5.41) is 12.3. The molecule has 0 aromatic heterocycles. The van der Waals surface area contributed by atoms with E-state index in [1.165, 1.54) is 0 Å². The highest BCUT2D eigenvalue weighted by molar-refractivity contribution is 6.30. The second-order valence-corrected chi connectivity index (χ2v) is 5.23. The predicted molar refractivity (Wildman–Crippen MR) is 73.9 cm³/mol. The van der Waals surface area contributed by atoms with Gasteiger partial charge >= 0.3 is 5.97 Å². The van der Waals surface area contributed by atoms with Gasteiger partial charge in [-0.2, -0.15) is 0 Å². The van der Waals surface area contributed by atoms with Crippen molar-refractivity contribution in [2.45, 2.75) is 25.3 Å². The number of ether oxygens (including phenoxy) is 1. The second kappa shape index (κ2) is 6.61. The zero-order chi connectivity index (χ0) is 14.5. The fourth-order valence-corrected chi connectivity index (χ4v) is 2.56. The summed E-state index contributed by atoms with van der Waals surface area (Å²) in [5.74, 6) is -1.16. The maximum absolute atomic E-state index is 11.8. The van der Waals surface area contributed by atoms with Crippen molar-refractivity contribution in [3.63, 3.8) is 0 Å². The molecule has 0 heterocycles. The fraction of sp³-hybridized carbons (Fsp3) is 0.429. The standard InChI is InChI=1S/C14H16ClNO4/c15-9-3-1-4-10(7-9)20-8-13(17)16-12-6-2-5-11(12)14(18)19/h1,3-4,7,11-12H,2,5-6,8H2,(H,16,17)(H,18,19). The van der Waals surface area contributed by atoms with Crippen molar-refractivity contribution in [2.24, 2.45) is 5.92 Å². The highest BCUT2D eigenvalue weighted by atomic mass is 35.5. The van der Waals surface area contributed by atoms with E-state index in [1.54, 1.807) is 24.3 Å². The number of hydrogen-bond acceptors (Lipinski definition) is 3. The molecule has 0 spiro atoms. The van der Waals surface area contributed by atoms with Gasteiger partial charge in [-0.1, -0.05) is 24.1 Å². The molecule has 108 valence electrons. The van der Waals surface area contributed by atoms with Gasteiger partial charge in [0, 0.05) is 11.1 Å². The largest absolute Gasteiger partial charge is 0.484 e. The first-order valence-electron chi connectivity index (χ1n) is 6.47. The summed E-state index contributed by atoms with van der Waals surface area (Å²) >= 11 is 5.81. The van der Waals surface area contributed by atoms with E-state index in [1.807, 2.05) is 0 Å². The molecule has 1 aliphatic rings. The van der Waals surface area contributed by atoms with Crippen LogP contribution < -0.4 is 10.1 Å². The molecule has 1 aliphatic carbocycles. The van der Waals surface area contributed by atoms with Gasteiger partial charge in [-0.15, -0.1) is 0 Å². The molecule has 1 fully saturated rings. The van der Waals surface area contributed by atoms with Crippen LogP contribution in [-0.2, 0) is 9.59 Å². The molecule has 6 heteroatoms. The smallest absolute Gasteiger partial charge is 0.308 e. The van der Waals surface area contributed by atoms with Crippen molar-refractivity contribution < 1.29 is 19.4 Å². The molecule has 2 atom stereocenters. The van der Waals surface area contributed by atoms with Gasteiger partial charge in [-0.05, 0) is 31.0 Å². The minimum Gasteiger partial charge on any atom is -0.484 e. The van der Waals surface area contributed by atoms with E-state index in [-0.39, 0.29) is 18.6 Å². The summed E-state index contributed by atoms with van der Waals surface area (Å²) in [6, 6.07) is 6.46. The minimum atomic E-state index is -0.858. The number of carbonyl (C=O) groups is 2.